The number of halogens is 1. The molecule has 21 heavy (non-hydrogen) atoms. The molecule has 0 atom stereocenters. The topological polar surface area (TPSA) is 58.2 Å². The van der Waals surface area contributed by atoms with E-state index in [1.165, 1.54) is 6.07 Å². The summed E-state index contributed by atoms with van der Waals surface area (Å²) in [6, 6.07) is 4.79. The third-order valence-electron chi connectivity index (χ3n) is 3.20. The summed E-state index contributed by atoms with van der Waals surface area (Å²) in [5.41, 5.74) is 0.779. The lowest BCUT2D eigenvalue weighted by Gasteiger charge is -2.10. The Labute approximate surface area is 133 Å². The van der Waals surface area contributed by atoms with E-state index >= 15 is 0 Å². The Bertz CT molecular complexity index is 545. The molecule has 4 nitrogen and oxygen atoms in total. The summed E-state index contributed by atoms with van der Waals surface area (Å²) in [6.07, 6.45) is 3.01. The maximum atomic E-state index is 12.2. The van der Waals surface area contributed by atoms with E-state index in [0.29, 0.717) is 24.0 Å². The molecule has 1 aromatic carbocycles. The first kappa shape index (κ1) is 18.4. The lowest BCUT2D eigenvalue weighted by Crippen LogP contribution is -2.25. The molecular weight excluding hydrogens is 308 g/mol. The molecule has 0 bridgehead atoms. The number of sulfonamides is 1. The lowest BCUT2D eigenvalue weighted by atomic mass is 10.1. The van der Waals surface area contributed by atoms with Gasteiger partial charge in [-0.25, -0.2) is 13.1 Å². The van der Waals surface area contributed by atoms with Crippen molar-refractivity contribution in [3.63, 3.8) is 0 Å². The number of hydrogen-bond acceptors (Lipinski definition) is 3. The minimum absolute atomic E-state index is 0.265. The van der Waals surface area contributed by atoms with Crippen LogP contribution in [0.15, 0.2) is 23.1 Å². The Balaban J connectivity index is 2.63. The third kappa shape index (κ3) is 6.34. The van der Waals surface area contributed by atoms with Crippen molar-refractivity contribution in [1.29, 1.82) is 0 Å². The van der Waals surface area contributed by atoms with Crippen molar-refractivity contribution < 1.29 is 8.42 Å². The fraction of sp³-hybridized carbons (Fsp3) is 0.600. The maximum absolute atomic E-state index is 12.2. The first-order chi connectivity index (χ1) is 9.86. The highest BCUT2D eigenvalue weighted by Gasteiger charge is 2.15. The largest absolute Gasteiger partial charge is 0.316 e. The molecule has 0 fully saturated rings. The van der Waals surface area contributed by atoms with E-state index in [-0.39, 0.29) is 4.90 Å². The highest BCUT2D eigenvalue weighted by molar-refractivity contribution is 7.89. The van der Waals surface area contributed by atoms with Gasteiger partial charge in [-0.15, -0.1) is 0 Å². The summed E-state index contributed by atoms with van der Waals surface area (Å²) in [4.78, 5) is 0.265. The van der Waals surface area contributed by atoms with Crippen molar-refractivity contribution in [3.05, 3.63) is 28.8 Å². The van der Waals surface area contributed by atoms with Crippen molar-refractivity contribution in [3.8, 4) is 0 Å². The molecule has 0 spiro atoms. The first-order valence-electron chi connectivity index (χ1n) is 7.29. The fourth-order valence-electron chi connectivity index (χ4n) is 2.01. The standard InChI is InChI=1S/C15H25ClN2O2S/c1-12(2)6-4-5-9-18-21(19,20)14-7-8-15(16)13(10-14)11-17-3/h7-8,10,12,17-18H,4-6,9,11H2,1-3H3. The van der Waals surface area contributed by atoms with Crippen molar-refractivity contribution in [2.45, 2.75) is 44.6 Å². The Morgan fingerprint density at radius 1 is 1.24 bits per heavy atom. The van der Waals surface area contributed by atoms with Gasteiger partial charge in [0.15, 0.2) is 0 Å². The molecular formula is C15H25ClN2O2S. The van der Waals surface area contributed by atoms with Crippen LogP contribution in [0.4, 0.5) is 0 Å². The molecule has 0 saturated carbocycles. The monoisotopic (exact) mass is 332 g/mol. The second-order valence-electron chi connectivity index (χ2n) is 5.57. The fourth-order valence-corrected chi connectivity index (χ4v) is 3.32. The molecule has 0 heterocycles. The van der Waals surface area contributed by atoms with Gasteiger partial charge in [-0.2, -0.15) is 0 Å². The van der Waals surface area contributed by atoms with Gasteiger partial charge in [0.1, 0.15) is 0 Å². The van der Waals surface area contributed by atoms with Crippen LogP contribution < -0.4 is 10.0 Å². The van der Waals surface area contributed by atoms with Crippen molar-refractivity contribution in [2.75, 3.05) is 13.6 Å². The highest BCUT2D eigenvalue weighted by atomic mass is 35.5. The quantitative estimate of drug-likeness (QED) is 0.683. The predicted octanol–water partition coefficient (Wildman–Crippen LogP) is 3.16. The second kappa shape index (κ2) is 8.73. The second-order valence-corrected chi connectivity index (χ2v) is 7.75. The summed E-state index contributed by atoms with van der Waals surface area (Å²) in [5.74, 6) is 0.655. The molecule has 6 heteroatoms. The van der Waals surface area contributed by atoms with Gasteiger partial charge in [0, 0.05) is 18.1 Å². The van der Waals surface area contributed by atoms with Crippen LogP contribution in [0.3, 0.4) is 0 Å². The Hall–Kier alpha value is -0.620. The predicted molar refractivity (Wildman–Crippen MR) is 88.1 cm³/mol. The van der Waals surface area contributed by atoms with Gasteiger partial charge in [0.2, 0.25) is 10.0 Å². The normalized spacial score (nSPS) is 12.0. The summed E-state index contributed by atoms with van der Waals surface area (Å²) < 4.78 is 27.1. The van der Waals surface area contributed by atoms with E-state index in [1.54, 1.807) is 19.2 Å². The minimum Gasteiger partial charge on any atom is -0.316 e. The van der Waals surface area contributed by atoms with Crippen molar-refractivity contribution >= 4 is 21.6 Å². The summed E-state index contributed by atoms with van der Waals surface area (Å²) in [6.45, 7) is 5.35. The zero-order valence-corrected chi connectivity index (χ0v) is 14.5. The van der Waals surface area contributed by atoms with Crippen LogP contribution in [0.2, 0.25) is 5.02 Å². The van der Waals surface area contributed by atoms with Gasteiger partial charge < -0.3 is 5.32 Å². The molecule has 1 aromatic rings. The third-order valence-corrected chi connectivity index (χ3v) is 5.02. The van der Waals surface area contributed by atoms with E-state index in [2.05, 4.69) is 23.9 Å². The molecule has 0 amide bonds. The number of nitrogens with one attached hydrogen (secondary N) is 2. The summed E-state index contributed by atoms with van der Waals surface area (Å²) >= 11 is 6.05. The molecule has 0 aliphatic rings. The van der Waals surface area contributed by atoms with Gasteiger partial charge in [-0.1, -0.05) is 38.3 Å². The molecule has 0 unspecified atom stereocenters. The Morgan fingerprint density at radius 2 is 1.95 bits per heavy atom. The van der Waals surface area contributed by atoms with Crippen molar-refractivity contribution in [2.24, 2.45) is 5.92 Å². The smallest absolute Gasteiger partial charge is 0.240 e. The van der Waals surface area contributed by atoms with Crippen molar-refractivity contribution in [1.82, 2.24) is 10.0 Å². The van der Waals surface area contributed by atoms with Gasteiger partial charge in [-0.3, -0.25) is 0 Å². The minimum atomic E-state index is -3.45. The van der Waals surface area contributed by atoms with Gasteiger partial charge in [-0.05, 0) is 43.1 Å². The summed E-state index contributed by atoms with van der Waals surface area (Å²) in [7, 11) is -1.66. The van der Waals surface area contributed by atoms with Crippen LogP contribution in [0.25, 0.3) is 0 Å². The Morgan fingerprint density at radius 3 is 2.57 bits per heavy atom. The maximum Gasteiger partial charge on any atom is 0.240 e. The number of benzene rings is 1. The van der Waals surface area contributed by atoms with E-state index in [1.807, 2.05) is 0 Å². The average molecular weight is 333 g/mol. The van der Waals surface area contributed by atoms with Crippen LogP contribution in [-0.2, 0) is 16.6 Å². The molecule has 0 aliphatic carbocycles. The molecule has 1 rings (SSSR count). The molecule has 2 N–H and O–H groups in total. The van der Waals surface area contributed by atoms with Crippen LogP contribution in [0, 0.1) is 5.92 Å². The van der Waals surface area contributed by atoms with Crippen LogP contribution in [0.1, 0.15) is 38.7 Å². The zero-order valence-electron chi connectivity index (χ0n) is 12.9. The number of rotatable bonds is 9. The van der Waals surface area contributed by atoms with Crippen LogP contribution in [0.5, 0.6) is 0 Å². The number of unbranched alkanes of at least 4 members (excludes halogenated alkanes) is 1. The van der Waals surface area contributed by atoms with E-state index in [9.17, 15) is 8.42 Å². The van der Waals surface area contributed by atoms with E-state index < -0.39 is 10.0 Å². The molecule has 0 saturated heterocycles. The zero-order chi connectivity index (χ0) is 15.9. The molecule has 0 radical (unpaired) electrons. The van der Waals surface area contributed by atoms with Gasteiger partial charge in [0.05, 0.1) is 4.90 Å². The molecule has 120 valence electrons. The first-order valence-corrected chi connectivity index (χ1v) is 9.15. The average Bonchev–Trinajstić information content (AvgIpc) is 2.40. The lowest BCUT2D eigenvalue weighted by molar-refractivity contribution is 0.530. The van der Waals surface area contributed by atoms with Gasteiger partial charge in [0.25, 0.3) is 0 Å². The molecule has 0 aliphatic heterocycles. The van der Waals surface area contributed by atoms with E-state index in [4.69, 9.17) is 11.6 Å². The summed E-state index contributed by atoms with van der Waals surface area (Å²) in [5, 5.41) is 3.54. The van der Waals surface area contributed by atoms with E-state index in [0.717, 1.165) is 24.8 Å². The molecule has 0 aromatic heterocycles. The Kier molecular flexibility index (Phi) is 7.66. The SMILES string of the molecule is CNCc1cc(S(=O)(=O)NCCCCC(C)C)ccc1Cl. The van der Waals surface area contributed by atoms with Gasteiger partial charge >= 0.3 is 0 Å². The van der Waals surface area contributed by atoms with Crippen LogP contribution in [-0.4, -0.2) is 22.0 Å². The number of hydrogen-bond donors (Lipinski definition) is 2. The van der Waals surface area contributed by atoms with Crippen LogP contribution >= 0.6 is 11.6 Å². The highest BCUT2D eigenvalue weighted by Crippen LogP contribution is 2.20.